The molecule has 7 heteroatoms. The maximum absolute atomic E-state index is 12.5. The first kappa shape index (κ1) is 16.5. The van der Waals surface area contributed by atoms with E-state index in [1.54, 1.807) is 34.0 Å². The van der Waals surface area contributed by atoms with Crippen molar-refractivity contribution in [3.05, 3.63) is 47.2 Å². The summed E-state index contributed by atoms with van der Waals surface area (Å²) in [5.74, 6) is -0.152. The van der Waals surface area contributed by atoms with Crippen molar-refractivity contribution in [3.8, 4) is 0 Å². The van der Waals surface area contributed by atoms with Crippen molar-refractivity contribution in [2.75, 3.05) is 11.4 Å². The Morgan fingerprint density at radius 2 is 2.29 bits per heavy atom. The topological polar surface area (TPSA) is 67.2 Å². The molecule has 2 heterocycles. The van der Waals surface area contributed by atoms with E-state index in [1.807, 2.05) is 19.2 Å². The van der Waals surface area contributed by atoms with Gasteiger partial charge in [-0.25, -0.2) is 0 Å². The van der Waals surface area contributed by atoms with E-state index >= 15 is 0 Å². The molecule has 0 spiro atoms. The van der Waals surface area contributed by atoms with Gasteiger partial charge in [0.2, 0.25) is 5.91 Å². The third-order valence-corrected chi connectivity index (χ3v) is 4.29. The maximum atomic E-state index is 12.5. The highest BCUT2D eigenvalue weighted by atomic mass is 35.5. The van der Waals surface area contributed by atoms with Gasteiger partial charge in [-0.05, 0) is 37.6 Å². The van der Waals surface area contributed by atoms with Gasteiger partial charge in [-0.15, -0.1) is 0 Å². The van der Waals surface area contributed by atoms with Crippen molar-refractivity contribution in [3.63, 3.8) is 0 Å². The average molecular weight is 347 g/mol. The van der Waals surface area contributed by atoms with Crippen LogP contribution in [-0.4, -0.2) is 34.2 Å². The van der Waals surface area contributed by atoms with Crippen LogP contribution in [0.5, 0.6) is 0 Å². The van der Waals surface area contributed by atoms with E-state index in [4.69, 9.17) is 11.6 Å². The smallest absolute Gasteiger partial charge is 0.251 e. The number of nitrogens with one attached hydrogen (secondary N) is 1. The molecule has 1 aromatic heterocycles. The minimum Gasteiger partial charge on any atom is -0.348 e. The Kier molecular flexibility index (Phi) is 4.85. The molecule has 1 atom stereocenters. The molecule has 6 nitrogen and oxygen atoms in total. The summed E-state index contributed by atoms with van der Waals surface area (Å²) >= 11 is 6.21. The highest BCUT2D eigenvalue weighted by Crippen LogP contribution is 2.30. The first-order valence-corrected chi connectivity index (χ1v) is 8.30. The molecular formula is C17H19ClN4O2. The fourth-order valence-corrected chi connectivity index (χ4v) is 3.02. The third-order valence-electron chi connectivity index (χ3n) is 3.97. The number of nitrogens with zero attached hydrogens (tertiary/aromatic N) is 3. The van der Waals surface area contributed by atoms with Gasteiger partial charge in [-0.1, -0.05) is 11.6 Å². The van der Waals surface area contributed by atoms with Gasteiger partial charge in [0.1, 0.15) is 0 Å². The summed E-state index contributed by atoms with van der Waals surface area (Å²) < 4.78 is 1.77. The van der Waals surface area contributed by atoms with E-state index in [0.717, 1.165) is 6.42 Å². The van der Waals surface area contributed by atoms with E-state index in [2.05, 4.69) is 10.4 Å². The van der Waals surface area contributed by atoms with Crippen LogP contribution in [0.15, 0.2) is 36.7 Å². The van der Waals surface area contributed by atoms with Gasteiger partial charge in [0.25, 0.3) is 5.91 Å². The number of aromatic nitrogens is 2. The second-order valence-electron chi connectivity index (χ2n) is 5.92. The molecule has 1 N–H and O–H groups in total. The molecule has 0 unspecified atom stereocenters. The normalized spacial score (nSPS) is 15.6. The summed E-state index contributed by atoms with van der Waals surface area (Å²) in [4.78, 5) is 26.0. The number of anilines is 1. The van der Waals surface area contributed by atoms with E-state index < -0.39 is 0 Å². The lowest BCUT2D eigenvalue weighted by atomic mass is 10.1. The molecule has 0 saturated carbocycles. The lowest BCUT2D eigenvalue weighted by molar-refractivity contribution is -0.117. The predicted molar refractivity (Wildman–Crippen MR) is 92.2 cm³/mol. The van der Waals surface area contributed by atoms with Gasteiger partial charge < -0.3 is 10.2 Å². The summed E-state index contributed by atoms with van der Waals surface area (Å²) in [6.07, 6.45) is 4.88. The van der Waals surface area contributed by atoms with Gasteiger partial charge in [-0.3, -0.25) is 14.3 Å². The summed E-state index contributed by atoms with van der Waals surface area (Å²) in [6, 6.07) is 6.77. The SMILES string of the molecule is C[C@H](Cn1cccn1)NC(=O)c1ccc(Cl)c(N2CCCC2=O)c1. The van der Waals surface area contributed by atoms with Gasteiger partial charge in [-0.2, -0.15) is 5.10 Å². The van der Waals surface area contributed by atoms with Crippen LogP contribution < -0.4 is 10.2 Å². The summed E-state index contributed by atoms with van der Waals surface area (Å²) in [6.45, 7) is 3.14. The highest BCUT2D eigenvalue weighted by molar-refractivity contribution is 6.34. The molecule has 1 fully saturated rings. The number of hydrogen-bond donors (Lipinski definition) is 1. The quantitative estimate of drug-likeness (QED) is 0.904. The lowest BCUT2D eigenvalue weighted by Crippen LogP contribution is -2.36. The van der Waals surface area contributed by atoms with Crippen LogP contribution in [0.25, 0.3) is 0 Å². The molecule has 1 aromatic carbocycles. The second-order valence-corrected chi connectivity index (χ2v) is 6.32. The Labute approximate surface area is 145 Å². The predicted octanol–water partition coefficient (Wildman–Crippen LogP) is 2.48. The molecule has 126 valence electrons. The molecule has 0 radical (unpaired) electrons. The maximum Gasteiger partial charge on any atom is 0.251 e. The van der Waals surface area contributed by atoms with E-state index in [-0.39, 0.29) is 17.9 Å². The number of benzene rings is 1. The Bertz CT molecular complexity index is 745. The average Bonchev–Trinajstić information content (AvgIpc) is 3.19. The monoisotopic (exact) mass is 346 g/mol. The molecule has 1 saturated heterocycles. The number of carbonyl (C=O) groups is 2. The molecular weight excluding hydrogens is 328 g/mol. The zero-order valence-electron chi connectivity index (χ0n) is 13.4. The van der Waals surface area contributed by atoms with Crippen molar-refractivity contribution in [2.24, 2.45) is 0 Å². The van der Waals surface area contributed by atoms with Gasteiger partial charge >= 0.3 is 0 Å². The van der Waals surface area contributed by atoms with E-state index in [1.165, 1.54) is 0 Å². The van der Waals surface area contributed by atoms with Crippen LogP contribution in [-0.2, 0) is 11.3 Å². The molecule has 3 rings (SSSR count). The van der Waals surface area contributed by atoms with Crippen LogP contribution in [0.3, 0.4) is 0 Å². The summed E-state index contributed by atoms with van der Waals surface area (Å²) in [5, 5.41) is 7.54. The van der Waals surface area contributed by atoms with Crippen LogP contribution in [0, 0.1) is 0 Å². The Hall–Kier alpha value is -2.34. The minimum absolute atomic E-state index is 0.0431. The zero-order chi connectivity index (χ0) is 17.1. The van der Waals surface area contributed by atoms with Crippen LogP contribution in [0.4, 0.5) is 5.69 Å². The zero-order valence-corrected chi connectivity index (χ0v) is 14.2. The minimum atomic E-state index is -0.195. The standard InChI is InChI=1S/C17H19ClN4O2/c1-12(11-21-8-3-7-19-21)20-17(24)13-5-6-14(18)15(10-13)22-9-2-4-16(22)23/h3,5-8,10,12H,2,4,9,11H2,1H3,(H,20,24)/t12-/m1/s1. The fraction of sp³-hybridized carbons (Fsp3) is 0.353. The fourth-order valence-electron chi connectivity index (χ4n) is 2.81. The third kappa shape index (κ3) is 3.59. The van der Waals surface area contributed by atoms with Gasteiger partial charge in [0.05, 0.1) is 17.3 Å². The van der Waals surface area contributed by atoms with Crippen molar-refractivity contribution < 1.29 is 9.59 Å². The van der Waals surface area contributed by atoms with E-state index in [0.29, 0.717) is 35.8 Å². The van der Waals surface area contributed by atoms with Crippen molar-refractivity contribution in [1.29, 1.82) is 0 Å². The number of rotatable bonds is 5. The number of amides is 2. The Morgan fingerprint density at radius 1 is 1.46 bits per heavy atom. The van der Waals surface area contributed by atoms with Crippen molar-refractivity contribution in [2.45, 2.75) is 32.4 Å². The Balaban J connectivity index is 1.71. The first-order valence-electron chi connectivity index (χ1n) is 7.93. The second kappa shape index (κ2) is 7.05. The summed E-state index contributed by atoms with van der Waals surface area (Å²) in [7, 11) is 0. The summed E-state index contributed by atoms with van der Waals surface area (Å²) in [5.41, 5.74) is 1.09. The lowest BCUT2D eigenvalue weighted by Gasteiger charge is -2.19. The van der Waals surface area contributed by atoms with Gasteiger partial charge in [0, 0.05) is 37.0 Å². The Morgan fingerprint density at radius 3 is 2.96 bits per heavy atom. The number of carbonyl (C=O) groups excluding carboxylic acids is 2. The molecule has 1 aliphatic rings. The van der Waals surface area contributed by atoms with Crippen molar-refractivity contribution in [1.82, 2.24) is 15.1 Å². The largest absolute Gasteiger partial charge is 0.348 e. The highest BCUT2D eigenvalue weighted by Gasteiger charge is 2.24. The molecule has 0 aliphatic carbocycles. The number of hydrogen-bond acceptors (Lipinski definition) is 3. The molecule has 2 amide bonds. The van der Waals surface area contributed by atoms with Gasteiger partial charge in [0.15, 0.2) is 0 Å². The molecule has 2 aromatic rings. The van der Waals surface area contributed by atoms with Crippen LogP contribution in [0.2, 0.25) is 5.02 Å². The van der Waals surface area contributed by atoms with Crippen molar-refractivity contribution >= 4 is 29.1 Å². The van der Waals surface area contributed by atoms with E-state index in [9.17, 15) is 9.59 Å². The molecule has 24 heavy (non-hydrogen) atoms. The van der Waals surface area contributed by atoms with Crippen LogP contribution >= 0.6 is 11.6 Å². The molecule has 0 bridgehead atoms. The molecule has 1 aliphatic heterocycles. The van der Waals surface area contributed by atoms with Crippen LogP contribution in [0.1, 0.15) is 30.1 Å². The first-order chi connectivity index (χ1) is 11.5. The number of halogens is 1.